The van der Waals surface area contributed by atoms with Gasteiger partial charge in [0.15, 0.2) is 0 Å². The molecular formula is C22H43N3O4. The average molecular weight is 414 g/mol. The molecule has 5 unspecified atom stereocenters. The number of likely N-dealkylation sites (tertiary alicyclic amines) is 1. The Morgan fingerprint density at radius 3 is 1.83 bits per heavy atom. The van der Waals surface area contributed by atoms with E-state index in [1.807, 2.05) is 55.4 Å². The summed E-state index contributed by atoms with van der Waals surface area (Å²) < 4.78 is 11.5. The van der Waals surface area contributed by atoms with Gasteiger partial charge in [0, 0.05) is 18.6 Å². The summed E-state index contributed by atoms with van der Waals surface area (Å²) in [6.07, 6.45) is 3.49. The number of urea groups is 1. The van der Waals surface area contributed by atoms with Gasteiger partial charge in [0.25, 0.3) is 0 Å². The third kappa shape index (κ3) is 9.81. The highest BCUT2D eigenvalue weighted by atomic mass is 16.5. The second kappa shape index (κ2) is 12.4. The van der Waals surface area contributed by atoms with Crippen molar-refractivity contribution in [2.75, 3.05) is 6.54 Å². The van der Waals surface area contributed by atoms with Gasteiger partial charge in [-0.25, -0.2) is 4.79 Å². The predicted molar refractivity (Wildman–Crippen MR) is 116 cm³/mol. The highest BCUT2D eigenvalue weighted by Gasteiger charge is 2.35. The molecule has 1 aliphatic heterocycles. The highest BCUT2D eigenvalue weighted by molar-refractivity contribution is 5.87. The van der Waals surface area contributed by atoms with Gasteiger partial charge < -0.3 is 25.0 Å². The monoisotopic (exact) mass is 413 g/mol. The van der Waals surface area contributed by atoms with E-state index in [1.54, 1.807) is 4.90 Å². The summed E-state index contributed by atoms with van der Waals surface area (Å²) in [6.45, 7) is 16.6. The zero-order valence-corrected chi connectivity index (χ0v) is 19.7. The van der Waals surface area contributed by atoms with E-state index in [-0.39, 0.29) is 48.4 Å². The lowest BCUT2D eigenvalue weighted by molar-refractivity contribution is -0.125. The van der Waals surface area contributed by atoms with E-state index in [0.717, 1.165) is 19.3 Å². The highest BCUT2D eigenvalue weighted by Crippen LogP contribution is 2.18. The first-order valence-corrected chi connectivity index (χ1v) is 11.2. The van der Waals surface area contributed by atoms with E-state index in [2.05, 4.69) is 10.6 Å². The molecule has 0 radical (unpaired) electrons. The molecule has 1 aliphatic rings. The molecule has 3 amide bonds. The number of hydrogen-bond acceptors (Lipinski definition) is 4. The minimum absolute atomic E-state index is 0.00489. The van der Waals surface area contributed by atoms with Crippen molar-refractivity contribution in [3.63, 3.8) is 0 Å². The lowest BCUT2D eigenvalue weighted by atomic mass is 10.1. The van der Waals surface area contributed by atoms with Crippen molar-refractivity contribution in [3.05, 3.63) is 0 Å². The second-order valence-electron chi connectivity index (χ2n) is 9.07. The van der Waals surface area contributed by atoms with E-state index in [1.165, 1.54) is 0 Å². The van der Waals surface area contributed by atoms with E-state index in [4.69, 9.17) is 9.47 Å². The molecule has 1 saturated heterocycles. The third-order valence-electron chi connectivity index (χ3n) is 4.95. The zero-order valence-electron chi connectivity index (χ0n) is 19.7. The molecule has 170 valence electrons. The maximum absolute atomic E-state index is 12.8. The number of rotatable bonds is 11. The smallest absolute Gasteiger partial charge is 0.318 e. The van der Waals surface area contributed by atoms with Crippen molar-refractivity contribution in [1.82, 2.24) is 15.5 Å². The standard InChI is InChI=1S/C22H43N3O4/c1-14(2)28-18(7)12-16(5)23-21(26)20-10-9-11-25(20)22(27)24-17(6)13-19(8)29-15(3)4/h14-20H,9-13H2,1-8H3,(H,23,26)(H,24,27). The van der Waals surface area contributed by atoms with Gasteiger partial charge in [0.2, 0.25) is 5.91 Å². The lowest BCUT2D eigenvalue weighted by Crippen LogP contribution is -2.53. The topological polar surface area (TPSA) is 79.9 Å². The molecule has 0 aliphatic carbocycles. The molecule has 5 atom stereocenters. The van der Waals surface area contributed by atoms with Crippen LogP contribution in [0.2, 0.25) is 0 Å². The molecule has 0 aromatic carbocycles. The quantitative estimate of drug-likeness (QED) is 0.544. The van der Waals surface area contributed by atoms with Crippen LogP contribution in [0.1, 0.15) is 81.1 Å². The van der Waals surface area contributed by atoms with Gasteiger partial charge in [-0.1, -0.05) is 0 Å². The molecule has 0 bridgehead atoms. The predicted octanol–water partition coefficient (Wildman–Crippen LogP) is 3.46. The maximum atomic E-state index is 12.8. The van der Waals surface area contributed by atoms with Crippen molar-refractivity contribution >= 4 is 11.9 Å². The maximum Gasteiger partial charge on any atom is 0.318 e. The first-order valence-electron chi connectivity index (χ1n) is 11.2. The van der Waals surface area contributed by atoms with Crippen molar-refractivity contribution in [2.24, 2.45) is 0 Å². The van der Waals surface area contributed by atoms with Crippen LogP contribution in [0, 0.1) is 0 Å². The molecule has 7 nitrogen and oxygen atoms in total. The van der Waals surface area contributed by atoms with Crippen molar-refractivity contribution in [2.45, 2.75) is 124 Å². The number of carbonyl (C=O) groups excluding carboxylic acids is 2. The van der Waals surface area contributed by atoms with Crippen LogP contribution in [-0.2, 0) is 14.3 Å². The Balaban J connectivity index is 2.52. The third-order valence-corrected chi connectivity index (χ3v) is 4.95. The number of nitrogens with zero attached hydrogens (tertiary/aromatic N) is 1. The number of ether oxygens (including phenoxy) is 2. The van der Waals surface area contributed by atoms with Crippen LogP contribution in [0.25, 0.3) is 0 Å². The number of amides is 3. The van der Waals surface area contributed by atoms with Crippen molar-refractivity contribution < 1.29 is 19.1 Å². The van der Waals surface area contributed by atoms with Gasteiger partial charge in [-0.3, -0.25) is 4.79 Å². The van der Waals surface area contributed by atoms with Crippen LogP contribution in [0.5, 0.6) is 0 Å². The molecule has 1 fully saturated rings. The Hall–Kier alpha value is -1.34. The van der Waals surface area contributed by atoms with Crippen LogP contribution in [-0.4, -0.2) is 65.9 Å². The summed E-state index contributed by atoms with van der Waals surface area (Å²) >= 11 is 0. The second-order valence-corrected chi connectivity index (χ2v) is 9.07. The summed E-state index contributed by atoms with van der Waals surface area (Å²) in [5.41, 5.74) is 0. The minimum atomic E-state index is -0.407. The van der Waals surface area contributed by atoms with Crippen LogP contribution in [0.3, 0.4) is 0 Å². The summed E-state index contributed by atoms with van der Waals surface area (Å²) in [4.78, 5) is 27.2. The molecule has 1 heterocycles. The summed E-state index contributed by atoms with van der Waals surface area (Å²) in [5.74, 6) is -0.0777. The fourth-order valence-corrected chi connectivity index (χ4v) is 4.07. The molecule has 29 heavy (non-hydrogen) atoms. The Morgan fingerprint density at radius 2 is 1.34 bits per heavy atom. The van der Waals surface area contributed by atoms with Crippen molar-refractivity contribution in [1.29, 1.82) is 0 Å². The molecule has 1 rings (SSSR count). The van der Waals surface area contributed by atoms with E-state index >= 15 is 0 Å². The number of carbonyl (C=O) groups is 2. The van der Waals surface area contributed by atoms with Gasteiger partial charge in [-0.15, -0.1) is 0 Å². The first-order chi connectivity index (χ1) is 13.5. The normalized spacial score (nSPS) is 21.2. The van der Waals surface area contributed by atoms with E-state index in [0.29, 0.717) is 13.0 Å². The van der Waals surface area contributed by atoms with Crippen LogP contribution < -0.4 is 10.6 Å². The SMILES string of the molecule is CC(CC(C)OC(C)C)NC(=O)C1CCCN1C(=O)NC(C)CC(C)OC(C)C. The Morgan fingerprint density at radius 1 is 0.862 bits per heavy atom. The molecule has 0 saturated carbocycles. The Labute approximate surface area is 177 Å². The van der Waals surface area contributed by atoms with Gasteiger partial charge in [0.1, 0.15) is 6.04 Å². The number of hydrogen-bond donors (Lipinski definition) is 2. The van der Waals surface area contributed by atoms with E-state index in [9.17, 15) is 9.59 Å². The molecule has 0 aromatic heterocycles. The molecule has 2 N–H and O–H groups in total. The Kier molecular flexibility index (Phi) is 11.0. The summed E-state index contributed by atoms with van der Waals surface area (Å²) in [5, 5.41) is 6.08. The summed E-state index contributed by atoms with van der Waals surface area (Å²) in [7, 11) is 0. The largest absolute Gasteiger partial charge is 0.376 e. The molecule has 7 heteroatoms. The van der Waals surface area contributed by atoms with Crippen LogP contribution in [0.4, 0.5) is 4.79 Å². The number of nitrogens with one attached hydrogen (secondary N) is 2. The molecule has 0 aromatic rings. The lowest BCUT2D eigenvalue weighted by Gasteiger charge is -2.28. The van der Waals surface area contributed by atoms with Gasteiger partial charge in [-0.05, 0) is 81.1 Å². The summed E-state index contributed by atoms with van der Waals surface area (Å²) in [6, 6.07) is -0.602. The Bertz CT molecular complexity index is 468. The minimum Gasteiger partial charge on any atom is -0.376 e. The van der Waals surface area contributed by atoms with Crippen molar-refractivity contribution in [3.8, 4) is 0 Å². The van der Waals surface area contributed by atoms with Crippen LogP contribution >= 0.6 is 0 Å². The first kappa shape index (κ1) is 25.7. The molecule has 0 spiro atoms. The average Bonchev–Trinajstić information content (AvgIpc) is 3.02. The van der Waals surface area contributed by atoms with Gasteiger partial charge in [-0.2, -0.15) is 0 Å². The van der Waals surface area contributed by atoms with Gasteiger partial charge >= 0.3 is 6.03 Å². The fraction of sp³-hybridized carbons (Fsp3) is 0.909. The molecular weight excluding hydrogens is 370 g/mol. The van der Waals surface area contributed by atoms with Crippen LogP contribution in [0.15, 0.2) is 0 Å². The zero-order chi connectivity index (χ0) is 22.1. The fourth-order valence-electron chi connectivity index (χ4n) is 4.07. The van der Waals surface area contributed by atoms with Gasteiger partial charge in [0.05, 0.1) is 24.4 Å². The van der Waals surface area contributed by atoms with E-state index < -0.39 is 6.04 Å².